The van der Waals surface area contributed by atoms with Crippen LogP contribution in [0, 0.1) is 5.92 Å². The van der Waals surface area contributed by atoms with Crippen LogP contribution < -0.4 is 14.8 Å². The van der Waals surface area contributed by atoms with Crippen LogP contribution in [0.25, 0.3) is 0 Å². The lowest BCUT2D eigenvalue weighted by Crippen LogP contribution is -2.42. The third-order valence-electron chi connectivity index (χ3n) is 5.66. The fraction of sp³-hybridized carbons (Fsp3) is 0.650. The maximum atomic E-state index is 12.5. The van der Waals surface area contributed by atoms with Gasteiger partial charge in [-0.2, -0.15) is 0 Å². The second kappa shape index (κ2) is 8.56. The number of methoxy groups -OCH3 is 2. The number of amides is 1. The summed E-state index contributed by atoms with van der Waals surface area (Å²) in [6, 6.07) is 6.09. The van der Waals surface area contributed by atoms with Crippen LogP contribution >= 0.6 is 0 Å². The molecule has 1 heterocycles. The molecule has 3 rings (SSSR count). The highest BCUT2D eigenvalue weighted by atomic mass is 16.5. The molecule has 5 nitrogen and oxygen atoms in total. The van der Waals surface area contributed by atoms with Gasteiger partial charge in [-0.3, -0.25) is 4.79 Å². The average molecular weight is 346 g/mol. The lowest BCUT2D eigenvalue weighted by molar-refractivity contribution is 0.0924. The first-order chi connectivity index (χ1) is 12.2. The zero-order valence-electron chi connectivity index (χ0n) is 15.4. The fourth-order valence-electron chi connectivity index (χ4n) is 4.07. The van der Waals surface area contributed by atoms with Crippen LogP contribution in [0.2, 0.25) is 0 Å². The van der Waals surface area contributed by atoms with E-state index in [1.807, 2.05) is 0 Å². The predicted molar refractivity (Wildman–Crippen MR) is 98.4 cm³/mol. The summed E-state index contributed by atoms with van der Waals surface area (Å²) < 4.78 is 10.5. The van der Waals surface area contributed by atoms with E-state index in [2.05, 4.69) is 10.2 Å². The van der Waals surface area contributed by atoms with E-state index in [4.69, 9.17) is 9.47 Å². The summed E-state index contributed by atoms with van der Waals surface area (Å²) in [6.45, 7) is 3.10. The van der Waals surface area contributed by atoms with Gasteiger partial charge in [0, 0.05) is 24.2 Å². The van der Waals surface area contributed by atoms with Crippen molar-refractivity contribution in [2.24, 2.45) is 5.92 Å². The summed E-state index contributed by atoms with van der Waals surface area (Å²) in [5.74, 6) is 1.79. The summed E-state index contributed by atoms with van der Waals surface area (Å²) in [4.78, 5) is 15.1. The van der Waals surface area contributed by atoms with Crippen LogP contribution in [0.3, 0.4) is 0 Å². The fourth-order valence-corrected chi connectivity index (χ4v) is 4.07. The number of carbonyl (C=O) groups excluding carboxylic acids is 1. The minimum Gasteiger partial charge on any atom is -0.497 e. The van der Waals surface area contributed by atoms with Gasteiger partial charge in [-0.15, -0.1) is 0 Å². The van der Waals surface area contributed by atoms with E-state index in [9.17, 15) is 4.79 Å². The number of nitrogens with one attached hydrogen (secondary N) is 1. The van der Waals surface area contributed by atoms with Gasteiger partial charge >= 0.3 is 0 Å². The molecular weight excluding hydrogens is 316 g/mol. The number of likely N-dealkylation sites (tertiary alicyclic amines) is 1. The summed E-state index contributed by atoms with van der Waals surface area (Å²) in [7, 11) is 3.18. The van der Waals surface area contributed by atoms with Gasteiger partial charge in [0.1, 0.15) is 11.5 Å². The summed E-state index contributed by atoms with van der Waals surface area (Å²) in [6.07, 6.45) is 7.89. The van der Waals surface area contributed by atoms with Crippen LogP contribution in [0.5, 0.6) is 11.5 Å². The van der Waals surface area contributed by atoms with Crippen molar-refractivity contribution in [3.63, 3.8) is 0 Å². The molecule has 25 heavy (non-hydrogen) atoms. The number of nitrogens with zero attached hydrogens (tertiary/aromatic N) is 1. The Labute approximate surface area is 150 Å². The van der Waals surface area contributed by atoms with Crippen molar-refractivity contribution in [3.05, 3.63) is 23.8 Å². The lowest BCUT2D eigenvalue weighted by atomic mass is 9.95. The van der Waals surface area contributed by atoms with Crippen LogP contribution in [-0.4, -0.2) is 50.7 Å². The number of hydrogen-bond acceptors (Lipinski definition) is 4. The first-order valence-electron chi connectivity index (χ1n) is 9.45. The van der Waals surface area contributed by atoms with E-state index in [1.165, 1.54) is 51.6 Å². The van der Waals surface area contributed by atoms with E-state index in [1.54, 1.807) is 32.4 Å². The minimum atomic E-state index is -0.0598. The maximum absolute atomic E-state index is 12.5. The Morgan fingerprint density at radius 2 is 1.64 bits per heavy atom. The van der Waals surface area contributed by atoms with Gasteiger partial charge in [0.15, 0.2) is 0 Å². The van der Waals surface area contributed by atoms with E-state index in [0.717, 1.165) is 12.6 Å². The Kier molecular flexibility index (Phi) is 6.19. The van der Waals surface area contributed by atoms with Gasteiger partial charge < -0.3 is 19.7 Å². The molecule has 1 aliphatic heterocycles. The Bertz CT molecular complexity index is 554. The second-order valence-corrected chi connectivity index (χ2v) is 7.23. The SMILES string of the molecule is COc1cc(OC)cc(C(=O)NCC2CCN(C3CCCC3)CC2)c1. The molecule has 0 radical (unpaired) electrons. The third kappa shape index (κ3) is 4.66. The largest absolute Gasteiger partial charge is 0.497 e. The molecule has 1 N–H and O–H groups in total. The molecule has 1 amide bonds. The predicted octanol–water partition coefficient (Wildman–Crippen LogP) is 3.09. The smallest absolute Gasteiger partial charge is 0.251 e. The molecule has 138 valence electrons. The standard InChI is InChI=1S/C20H30N2O3/c1-24-18-11-16(12-19(13-18)25-2)20(23)21-14-15-7-9-22(10-8-15)17-5-3-4-6-17/h11-13,15,17H,3-10,14H2,1-2H3,(H,21,23). The van der Waals surface area contributed by atoms with Crippen molar-refractivity contribution >= 4 is 5.91 Å². The Morgan fingerprint density at radius 1 is 1.04 bits per heavy atom. The summed E-state index contributed by atoms with van der Waals surface area (Å²) >= 11 is 0. The number of hydrogen-bond donors (Lipinski definition) is 1. The highest BCUT2D eigenvalue weighted by molar-refractivity contribution is 5.95. The van der Waals surface area contributed by atoms with E-state index >= 15 is 0 Å². The number of rotatable bonds is 6. The average Bonchev–Trinajstić information content (AvgIpc) is 3.20. The molecule has 5 heteroatoms. The van der Waals surface area contributed by atoms with Gasteiger partial charge in [0.2, 0.25) is 0 Å². The van der Waals surface area contributed by atoms with Gasteiger partial charge in [-0.25, -0.2) is 0 Å². The van der Waals surface area contributed by atoms with E-state index < -0.39 is 0 Å². The van der Waals surface area contributed by atoms with Crippen molar-refractivity contribution in [2.45, 2.75) is 44.6 Å². The van der Waals surface area contributed by atoms with Crippen molar-refractivity contribution < 1.29 is 14.3 Å². The second-order valence-electron chi connectivity index (χ2n) is 7.23. The molecule has 1 aromatic carbocycles. The van der Waals surface area contributed by atoms with Crippen LogP contribution in [0.4, 0.5) is 0 Å². The number of carbonyl (C=O) groups is 1. The molecule has 1 saturated heterocycles. The molecule has 1 saturated carbocycles. The van der Waals surface area contributed by atoms with E-state index in [0.29, 0.717) is 23.0 Å². The van der Waals surface area contributed by atoms with Gasteiger partial charge in [0.05, 0.1) is 14.2 Å². The van der Waals surface area contributed by atoms with Crippen molar-refractivity contribution in [1.82, 2.24) is 10.2 Å². The molecular formula is C20H30N2O3. The molecule has 0 unspecified atom stereocenters. The first-order valence-corrected chi connectivity index (χ1v) is 9.45. The van der Waals surface area contributed by atoms with Crippen LogP contribution in [0.15, 0.2) is 18.2 Å². The summed E-state index contributed by atoms with van der Waals surface area (Å²) in [5.41, 5.74) is 0.583. The molecule has 0 spiro atoms. The van der Waals surface area contributed by atoms with Gasteiger partial charge in [-0.05, 0) is 56.8 Å². The molecule has 1 aliphatic carbocycles. The van der Waals surface area contributed by atoms with Gasteiger partial charge in [-0.1, -0.05) is 12.8 Å². The molecule has 2 aliphatic rings. The maximum Gasteiger partial charge on any atom is 0.251 e. The zero-order chi connectivity index (χ0) is 17.6. The molecule has 0 bridgehead atoms. The first kappa shape index (κ1) is 18.1. The van der Waals surface area contributed by atoms with Crippen LogP contribution in [-0.2, 0) is 0 Å². The highest BCUT2D eigenvalue weighted by Crippen LogP contribution is 2.28. The van der Waals surface area contributed by atoms with E-state index in [-0.39, 0.29) is 5.91 Å². The zero-order valence-corrected chi connectivity index (χ0v) is 15.4. The van der Waals surface area contributed by atoms with Crippen molar-refractivity contribution in [2.75, 3.05) is 33.9 Å². The number of ether oxygens (including phenoxy) is 2. The van der Waals surface area contributed by atoms with Crippen LogP contribution in [0.1, 0.15) is 48.9 Å². The Morgan fingerprint density at radius 3 is 2.20 bits per heavy atom. The Hall–Kier alpha value is -1.75. The lowest BCUT2D eigenvalue weighted by Gasteiger charge is -2.36. The molecule has 2 fully saturated rings. The normalized spacial score (nSPS) is 19.8. The molecule has 0 aromatic heterocycles. The van der Waals surface area contributed by atoms with Crippen molar-refractivity contribution in [3.8, 4) is 11.5 Å². The number of piperidine rings is 1. The third-order valence-corrected chi connectivity index (χ3v) is 5.66. The van der Waals surface area contributed by atoms with Gasteiger partial charge in [0.25, 0.3) is 5.91 Å². The minimum absolute atomic E-state index is 0.0598. The summed E-state index contributed by atoms with van der Waals surface area (Å²) in [5, 5.41) is 3.09. The van der Waals surface area contributed by atoms with Crippen molar-refractivity contribution in [1.29, 1.82) is 0 Å². The highest BCUT2D eigenvalue weighted by Gasteiger charge is 2.27. The molecule has 1 aromatic rings. The monoisotopic (exact) mass is 346 g/mol. The topological polar surface area (TPSA) is 50.8 Å². The quantitative estimate of drug-likeness (QED) is 0.860. The molecule has 0 atom stereocenters. The number of benzene rings is 1. The Balaban J connectivity index is 1.48.